The monoisotopic (exact) mass is 200 g/mol. The lowest BCUT2D eigenvalue weighted by molar-refractivity contribution is -0.309. The second-order valence-electron chi connectivity index (χ2n) is 5.21. The predicted octanol–water partition coefficient (Wildman–Crippen LogP) is 3.36. The lowest BCUT2D eigenvalue weighted by Gasteiger charge is -2.45. The van der Waals surface area contributed by atoms with E-state index in [-0.39, 0.29) is 18.6 Å². The summed E-state index contributed by atoms with van der Waals surface area (Å²) in [6.45, 7) is 6.10. The third-order valence-electron chi connectivity index (χ3n) is 3.07. The maximum Gasteiger partial charge on any atom is 0.168 e. The third kappa shape index (κ3) is 2.48. The Morgan fingerprint density at radius 2 is 1.36 bits per heavy atom. The summed E-state index contributed by atoms with van der Waals surface area (Å²) < 4.78 is 11.8. The van der Waals surface area contributed by atoms with E-state index in [1.165, 1.54) is 19.3 Å². The highest BCUT2D eigenvalue weighted by Gasteiger charge is 2.40. The Bertz CT molecular complexity index is 169. The number of ether oxygens (including phenoxy) is 2. The quantitative estimate of drug-likeness (QED) is 0.597. The smallest absolute Gasteiger partial charge is 0.168 e. The van der Waals surface area contributed by atoms with E-state index in [4.69, 9.17) is 9.47 Å². The molecule has 1 spiro atoms. The third-order valence-corrected chi connectivity index (χ3v) is 3.07. The first-order chi connectivity index (χ1) is 6.12. The Morgan fingerprint density at radius 1 is 0.857 bits per heavy atom. The van der Waals surface area contributed by atoms with Crippen molar-refractivity contribution >= 4 is 0 Å². The van der Waals surface area contributed by atoms with Crippen molar-refractivity contribution in [1.82, 2.24) is 0 Å². The van der Waals surface area contributed by atoms with Crippen LogP contribution in [-0.2, 0) is 9.47 Å². The van der Waals surface area contributed by atoms with Crippen molar-refractivity contribution in [3.63, 3.8) is 0 Å². The first-order valence-corrected chi connectivity index (χ1v) is 5.40. The van der Waals surface area contributed by atoms with Gasteiger partial charge in [0.25, 0.3) is 0 Å². The van der Waals surface area contributed by atoms with Crippen LogP contribution in [0.5, 0.6) is 0 Å². The zero-order valence-corrected chi connectivity index (χ0v) is 8.77. The van der Waals surface area contributed by atoms with Crippen LogP contribution in [0.3, 0.4) is 0 Å². The molecule has 2 fully saturated rings. The molecule has 0 unspecified atom stereocenters. The molecule has 1 saturated heterocycles. The summed E-state index contributed by atoms with van der Waals surface area (Å²) in [5.41, 5.74) is 0.211. The van der Waals surface area contributed by atoms with Gasteiger partial charge in [0.2, 0.25) is 0 Å². The molecule has 2 rings (SSSR count). The lowest BCUT2D eigenvalue weighted by Crippen LogP contribution is -2.48. The highest BCUT2D eigenvalue weighted by Crippen LogP contribution is 2.38. The summed E-state index contributed by atoms with van der Waals surface area (Å²) in [5.74, 6) is -0.187. The van der Waals surface area contributed by atoms with E-state index in [0.717, 1.165) is 26.1 Å². The fourth-order valence-electron chi connectivity index (χ4n) is 2.12. The molecule has 0 bridgehead atoms. The maximum absolute atomic E-state index is 5.90. The van der Waals surface area contributed by atoms with Crippen LogP contribution in [0.4, 0.5) is 0 Å². The van der Waals surface area contributed by atoms with Crippen molar-refractivity contribution in [1.29, 1.82) is 0 Å². The van der Waals surface area contributed by atoms with Crippen LogP contribution in [0, 0.1) is 5.41 Å². The summed E-state index contributed by atoms with van der Waals surface area (Å²) in [6.07, 6.45) is 6.07. The molecule has 2 heteroatoms. The number of rotatable bonds is 0. The Kier molecular flexibility index (Phi) is 3.59. The summed E-state index contributed by atoms with van der Waals surface area (Å²) >= 11 is 0. The second kappa shape index (κ2) is 4.19. The number of hydrogen-bond acceptors (Lipinski definition) is 2. The molecular weight excluding hydrogens is 176 g/mol. The minimum atomic E-state index is -0.187. The van der Waals surface area contributed by atoms with Gasteiger partial charge in [0.1, 0.15) is 0 Å². The second-order valence-corrected chi connectivity index (χ2v) is 5.21. The summed E-state index contributed by atoms with van der Waals surface area (Å²) in [4.78, 5) is 0. The molecule has 0 amide bonds. The average molecular weight is 200 g/mol. The standard InChI is InChI=1S/C11H20O2.CH4/c1-10(2)8-12-11(13-9-10)6-4-3-5-7-11;/h3-9H2,1-2H3;1H4. The van der Waals surface area contributed by atoms with E-state index in [1.54, 1.807) is 0 Å². The SMILES string of the molecule is C.CC1(C)COC2(CCCCC2)OC1. The van der Waals surface area contributed by atoms with E-state index < -0.39 is 0 Å². The Balaban J connectivity index is 0.000000980. The van der Waals surface area contributed by atoms with Gasteiger partial charge in [0, 0.05) is 18.3 Å². The molecule has 0 aromatic rings. The predicted molar refractivity (Wildman–Crippen MR) is 58.2 cm³/mol. The Morgan fingerprint density at radius 3 is 1.86 bits per heavy atom. The van der Waals surface area contributed by atoms with Gasteiger partial charge in [-0.15, -0.1) is 0 Å². The van der Waals surface area contributed by atoms with Crippen LogP contribution < -0.4 is 0 Å². The van der Waals surface area contributed by atoms with Crippen LogP contribution in [0.15, 0.2) is 0 Å². The molecule has 1 aliphatic carbocycles. The molecule has 1 aliphatic heterocycles. The minimum Gasteiger partial charge on any atom is -0.349 e. The van der Waals surface area contributed by atoms with Crippen LogP contribution in [-0.4, -0.2) is 19.0 Å². The van der Waals surface area contributed by atoms with Crippen molar-refractivity contribution < 1.29 is 9.47 Å². The lowest BCUT2D eigenvalue weighted by atomic mass is 9.89. The fraction of sp³-hybridized carbons (Fsp3) is 1.00. The van der Waals surface area contributed by atoms with Crippen molar-refractivity contribution in [2.75, 3.05) is 13.2 Å². The van der Waals surface area contributed by atoms with E-state index in [0.29, 0.717) is 0 Å². The van der Waals surface area contributed by atoms with Crippen LogP contribution in [0.25, 0.3) is 0 Å². The highest BCUT2D eigenvalue weighted by atomic mass is 16.7. The molecule has 0 aromatic heterocycles. The van der Waals surface area contributed by atoms with Gasteiger partial charge in [-0.05, 0) is 12.8 Å². The molecule has 2 nitrogen and oxygen atoms in total. The van der Waals surface area contributed by atoms with Gasteiger partial charge in [-0.1, -0.05) is 27.7 Å². The molecule has 1 saturated carbocycles. The van der Waals surface area contributed by atoms with Crippen LogP contribution >= 0.6 is 0 Å². The van der Waals surface area contributed by atoms with E-state index in [2.05, 4.69) is 13.8 Å². The van der Waals surface area contributed by atoms with Gasteiger partial charge < -0.3 is 9.47 Å². The zero-order valence-electron chi connectivity index (χ0n) is 8.77. The van der Waals surface area contributed by atoms with Crippen molar-refractivity contribution in [3.8, 4) is 0 Å². The topological polar surface area (TPSA) is 18.5 Å². The van der Waals surface area contributed by atoms with Crippen molar-refractivity contribution in [2.24, 2.45) is 5.41 Å². The summed E-state index contributed by atoms with van der Waals surface area (Å²) in [5, 5.41) is 0. The Labute approximate surface area is 88.0 Å². The highest BCUT2D eigenvalue weighted by molar-refractivity contribution is 4.82. The molecule has 1 heterocycles. The van der Waals surface area contributed by atoms with Gasteiger partial charge in [-0.25, -0.2) is 0 Å². The normalized spacial score (nSPS) is 29.6. The molecular formula is C12H24O2. The molecule has 14 heavy (non-hydrogen) atoms. The summed E-state index contributed by atoms with van der Waals surface area (Å²) in [7, 11) is 0. The molecule has 0 atom stereocenters. The van der Waals surface area contributed by atoms with Gasteiger partial charge in [0.15, 0.2) is 5.79 Å². The Hall–Kier alpha value is -0.0800. The van der Waals surface area contributed by atoms with E-state index in [9.17, 15) is 0 Å². The average Bonchev–Trinajstić information content (AvgIpc) is 2.13. The van der Waals surface area contributed by atoms with E-state index >= 15 is 0 Å². The molecule has 0 N–H and O–H groups in total. The molecule has 0 radical (unpaired) electrons. The van der Waals surface area contributed by atoms with Crippen molar-refractivity contribution in [2.45, 2.75) is 59.2 Å². The zero-order chi connectivity index (χ0) is 9.36. The van der Waals surface area contributed by atoms with E-state index in [1.807, 2.05) is 0 Å². The summed E-state index contributed by atoms with van der Waals surface area (Å²) in [6, 6.07) is 0. The van der Waals surface area contributed by atoms with Crippen LogP contribution in [0.1, 0.15) is 53.4 Å². The molecule has 2 aliphatic rings. The van der Waals surface area contributed by atoms with Crippen molar-refractivity contribution in [3.05, 3.63) is 0 Å². The molecule has 0 aromatic carbocycles. The minimum absolute atomic E-state index is 0. The first-order valence-electron chi connectivity index (χ1n) is 5.40. The first kappa shape index (κ1) is 12.0. The maximum atomic E-state index is 5.90. The van der Waals surface area contributed by atoms with Crippen LogP contribution in [0.2, 0.25) is 0 Å². The number of hydrogen-bond donors (Lipinski definition) is 0. The van der Waals surface area contributed by atoms with Gasteiger partial charge in [0.05, 0.1) is 13.2 Å². The fourth-order valence-corrected chi connectivity index (χ4v) is 2.12. The van der Waals surface area contributed by atoms with Gasteiger partial charge in [-0.2, -0.15) is 0 Å². The van der Waals surface area contributed by atoms with Gasteiger partial charge >= 0.3 is 0 Å². The molecule has 84 valence electrons. The van der Waals surface area contributed by atoms with Gasteiger partial charge in [-0.3, -0.25) is 0 Å². The largest absolute Gasteiger partial charge is 0.349 e.